The van der Waals surface area contributed by atoms with Crippen LogP contribution in [-0.4, -0.2) is 27.5 Å². The van der Waals surface area contributed by atoms with Crippen LogP contribution in [0.25, 0.3) is 5.69 Å². The Hall–Kier alpha value is -2.10. The lowest BCUT2D eigenvalue weighted by molar-refractivity contribution is 0.0643. The molecular weight excluding hydrogens is 267 g/mol. The van der Waals surface area contributed by atoms with Gasteiger partial charge in [0.15, 0.2) is 0 Å². The zero-order chi connectivity index (χ0) is 15.6. The number of amides is 1. The molecule has 1 amide bonds. The molecule has 1 aromatic carbocycles. The van der Waals surface area contributed by atoms with Crippen LogP contribution in [0.2, 0.25) is 0 Å². The fraction of sp³-hybridized carbons (Fsp3) is 0.353. The zero-order valence-electron chi connectivity index (χ0n) is 12.9. The summed E-state index contributed by atoms with van der Waals surface area (Å²) in [4.78, 5) is 14.6. The molecule has 0 atom stereocenters. The Morgan fingerprint density at radius 3 is 2.19 bits per heavy atom. The van der Waals surface area contributed by atoms with Gasteiger partial charge in [-0.2, -0.15) is 0 Å². The van der Waals surface area contributed by atoms with Gasteiger partial charge >= 0.3 is 0 Å². The SMILES string of the molecule is CC(C)N(C(=O)c1cc(F)ccc1-n1cccc1)C(C)C. The number of aromatic nitrogens is 1. The second-order valence-corrected chi connectivity index (χ2v) is 5.65. The first kappa shape index (κ1) is 15.3. The van der Waals surface area contributed by atoms with Gasteiger partial charge in [0.1, 0.15) is 5.82 Å². The van der Waals surface area contributed by atoms with Crippen LogP contribution in [-0.2, 0) is 0 Å². The van der Waals surface area contributed by atoms with E-state index >= 15 is 0 Å². The Morgan fingerprint density at radius 1 is 1.10 bits per heavy atom. The molecule has 1 heterocycles. The molecule has 0 saturated carbocycles. The number of benzene rings is 1. The maximum atomic E-state index is 13.6. The van der Waals surface area contributed by atoms with Crippen LogP contribution in [0.4, 0.5) is 4.39 Å². The highest BCUT2D eigenvalue weighted by Crippen LogP contribution is 2.21. The Bertz CT molecular complexity index is 610. The predicted molar refractivity (Wildman–Crippen MR) is 82.2 cm³/mol. The largest absolute Gasteiger partial charge is 0.334 e. The third kappa shape index (κ3) is 3.15. The molecule has 1 aromatic heterocycles. The van der Waals surface area contributed by atoms with Crippen molar-refractivity contribution in [1.82, 2.24) is 9.47 Å². The van der Waals surface area contributed by atoms with E-state index in [-0.39, 0.29) is 18.0 Å². The molecule has 0 aliphatic rings. The first-order chi connectivity index (χ1) is 9.91. The highest BCUT2D eigenvalue weighted by atomic mass is 19.1. The Kier molecular flexibility index (Phi) is 4.46. The van der Waals surface area contributed by atoms with Gasteiger partial charge in [0.05, 0.1) is 11.3 Å². The second kappa shape index (κ2) is 6.12. The van der Waals surface area contributed by atoms with Gasteiger partial charge in [-0.05, 0) is 58.0 Å². The highest BCUT2D eigenvalue weighted by molar-refractivity contribution is 5.98. The van der Waals surface area contributed by atoms with E-state index in [0.717, 1.165) is 0 Å². The number of hydrogen-bond donors (Lipinski definition) is 0. The first-order valence-electron chi connectivity index (χ1n) is 7.17. The van der Waals surface area contributed by atoms with Gasteiger partial charge in [0, 0.05) is 24.5 Å². The smallest absolute Gasteiger partial charge is 0.256 e. The van der Waals surface area contributed by atoms with Crippen molar-refractivity contribution in [3.63, 3.8) is 0 Å². The zero-order valence-corrected chi connectivity index (χ0v) is 12.9. The van der Waals surface area contributed by atoms with Crippen LogP contribution in [0, 0.1) is 5.82 Å². The molecule has 0 aliphatic carbocycles. The summed E-state index contributed by atoms with van der Waals surface area (Å²) in [5.74, 6) is -0.551. The lowest BCUT2D eigenvalue weighted by Crippen LogP contribution is -2.42. The molecule has 3 nitrogen and oxygen atoms in total. The molecule has 0 unspecified atom stereocenters. The molecule has 0 spiro atoms. The minimum absolute atomic E-state index is 0.0540. The Balaban J connectivity index is 2.52. The predicted octanol–water partition coefficient (Wildman–Crippen LogP) is 3.88. The second-order valence-electron chi connectivity index (χ2n) is 5.65. The summed E-state index contributed by atoms with van der Waals surface area (Å²) < 4.78 is 15.5. The lowest BCUT2D eigenvalue weighted by Gasteiger charge is -2.31. The average Bonchev–Trinajstić information content (AvgIpc) is 2.91. The molecule has 0 fully saturated rings. The monoisotopic (exact) mass is 288 g/mol. The molecule has 21 heavy (non-hydrogen) atoms. The van der Waals surface area contributed by atoms with E-state index in [1.54, 1.807) is 11.0 Å². The van der Waals surface area contributed by atoms with Gasteiger partial charge in [-0.25, -0.2) is 4.39 Å². The van der Waals surface area contributed by atoms with Gasteiger partial charge in [0.25, 0.3) is 5.91 Å². The molecule has 2 rings (SSSR count). The van der Waals surface area contributed by atoms with Crippen molar-refractivity contribution < 1.29 is 9.18 Å². The lowest BCUT2D eigenvalue weighted by atomic mass is 10.1. The van der Waals surface area contributed by atoms with Crippen molar-refractivity contribution in [2.24, 2.45) is 0 Å². The average molecular weight is 288 g/mol. The van der Waals surface area contributed by atoms with Crippen LogP contribution in [0.1, 0.15) is 38.1 Å². The van der Waals surface area contributed by atoms with Crippen molar-refractivity contribution in [3.8, 4) is 5.69 Å². The van der Waals surface area contributed by atoms with Gasteiger partial charge in [0.2, 0.25) is 0 Å². The molecule has 0 aliphatic heterocycles. The number of carbonyl (C=O) groups is 1. The molecule has 112 valence electrons. The van der Waals surface area contributed by atoms with Crippen LogP contribution < -0.4 is 0 Å². The standard InChI is InChI=1S/C17H21FN2O/c1-12(2)20(13(3)4)17(21)15-11-14(18)7-8-16(15)19-9-5-6-10-19/h5-13H,1-4H3. The minimum Gasteiger partial charge on any atom is -0.334 e. The summed E-state index contributed by atoms with van der Waals surface area (Å²) in [5.41, 5.74) is 1.08. The summed E-state index contributed by atoms with van der Waals surface area (Å²) in [5, 5.41) is 0. The summed E-state index contributed by atoms with van der Waals surface area (Å²) in [6, 6.07) is 8.19. The fourth-order valence-corrected chi connectivity index (χ4v) is 2.60. The molecule has 0 saturated heterocycles. The van der Waals surface area contributed by atoms with E-state index in [0.29, 0.717) is 11.3 Å². The van der Waals surface area contributed by atoms with Crippen molar-refractivity contribution in [1.29, 1.82) is 0 Å². The first-order valence-corrected chi connectivity index (χ1v) is 7.17. The van der Waals surface area contributed by atoms with Crippen molar-refractivity contribution in [3.05, 3.63) is 54.1 Å². The van der Waals surface area contributed by atoms with Crippen LogP contribution in [0.5, 0.6) is 0 Å². The van der Waals surface area contributed by atoms with Crippen LogP contribution in [0.3, 0.4) is 0 Å². The van der Waals surface area contributed by atoms with E-state index in [9.17, 15) is 9.18 Å². The van der Waals surface area contributed by atoms with Gasteiger partial charge in [-0.15, -0.1) is 0 Å². The molecule has 0 bridgehead atoms. The molecule has 0 radical (unpaired) electrons. The maximum absolute atomic E-state index is 13.6. The van der Waals surface area contributed by atoms with E-state index in [2.05, 4.69) is 0 Å². The number of carbonyl (C=O) groups excluding carboxylic acids is 1. The number of rotatable bonds is 4. The number of hydrogen-bond acceptors (Lipinski definition) is 1. The summed E-state index contributed by atoms with van der Waals surface area (Å²) in [6.45, 7) is 7.86. The van der Waals surface area contributed by atoms with Crippen molar-refractivity contribution in [2.45, 2.75) is 39.8 Å². The van der Waals surface area contributed by atoms with Gasteiger partial charge in [-0.1, -0.05) is 0 Å². The summed E-state index contributed by atoms with van der Waals surface area (Å²) in [6.07, 6.45) is 3.69. The summed E-state index contributed by atoms with van der Waals surface area (Å²) in [7, 11) is 0. The fourth-order valence-electron chi connectivity index (χ4n) is 2.60. The van der Waals surface area contributed by atoms with Gasteiger partial charge < -0.3 is 9.47 Å². The van der Waals surface area contributed by atoms with Crippen LogP contribution >= 0.6 is 0 Å². The Morgan fingerprint density at radius 2 is 1.67 bits per heavy atom. The molecule has 4 heteroatoms. The van der Waals surface area contributed by atoms with E-state index in [4.69, 9.17) is 0 Å². The topological polar surface area (TPSA) is 25.2 Å². The Labute approximate surface area is 125 Å². The third-order valence-corrected chi connectivity index (χ3v) is 3.42. The minimum atomic E-state index is -0.401. The van der Waals surface area contributed by atoms with Gasteiger partial charge in [-0.3, -0.25) is 4.79 Å². The third-order valence-electron chi connectivity index (χ3n) is 3.42. The van der Waals surface area contributed by atoms with Crippen molar-refractivity contribution in [2.75, 3.05) is 0 Å². The highest BCUT2D eigenvalue weighted by Gasteiger charge is 2.24. The van der Waals surface area contributed by atoms with E-state index < -0.39 is 5.82 Å². The number of nitrogens with zero attached hydrogens (tertiary/aromatic N) is 2. The quantitative estimate of drug-likeness (QED) is 0.838. The summed E-state index contributed by atoms with van der Waals surface area (Å²) >= 11 is 0. The van der Waals surface area contributed by atoms with Crippen LogP contribution in [0.15, 0.2) is 42.7 Å². The molecule has 2 aromatic rings. The normalized spacial score (nSPS) is 11.2. The van der Waals surface area contributed by atoms with Crippen molar-refractivity contribution >= 4 is 5.91 Å². The van der Waals surface area contributed by atoms with E-state index in [1.165, 1.54) is 12.1 Å². The number of halogens is 1. The molecular formula is C17H21FN2O. The maximum Gasteiger partial charge on any atom is 0.256 e. The van der Waals surface area contributed by atoms with E-state index in [1.807, 2.05) is 56.8 Å². The molecule has 0 N–H and O–H groups in total.